The van der Waals surface area contributed by atoms with E-state index in [1.54, 1.807) is 54.6 Å². The molecule has 3 aromatic carbocycles. The summed E-state index contributed by atoms with van der Waals surface area (Å²) in [5.41, 5.74) is 3.38. The van der Waals surface area contributed by atoms with Crippen molar-refractivity contribution in [3.05, 3.63) is 95.6 Å². The molecule has 0 aromatic heterocycles. The van der Waals surface area contributed by atoms with Gasteiger partial charge in [-0.25, -0.2) is 8.42 Å². The Bertz CT molecular complexity index is 1140. The van der Waals surface area contributed by atoms with Gasteiger partial charge in [0, 0.05) is 25.7 Å². The largest absolute Gasteiger partial charge is 0.334 e. The van der Waals surface area contributed by atoms with E-state index in [1.165, 1.54) is 16.9 Å². The average molecular weight is 407 g/mol. The van der Waals surface area contributed by atoms with Crippen LogP contribution in [0.2, 0.25) is 0 Å². The van der Waals surface area contributed by atoms with Crippen molar-refractivity contribution in [3.63, 3.8) is 0 Å². The summed E-state index contributed by atoms with van der Waals surface area (Å²) in [5, 5.41) is 0. The molecule has 0 fully saturated rings. The number of nitrogens with zero attached hydrogens (tertiary/aromatic N) is 2. The fraction of sp³-hybridized carbons (Fsp3) is 0.174. The van der Waals surface area contributed by atoms with Gasteiger partial charge in [0.2, 0.25) is 0 Å². The number of fused-ring (bicyclic) bond motifs is 1. The molecule has 0 unspecified atom stereocenters. The molecule has 1 aliphatic rings. The molecule has 0 saturated carbocycles. The summed E-state index contributed by atoms with van der Waals surface area (Å²) < 4.78 is 27.0. The lowest BCUT2D eigenvalue weighted by Gasteiger charge is -2.29. The first-order chi connectivity index (χ1) is 14.0. The molecule has 0 radical (unpaired) electrons. The number of anilines is 1. The van der Waals surface area contributed by atoms with Gasteiger partial charge in [-0.15, -0.1) is 0 Å². The third-order valence-corrected chi connectivity index (χ3v) is 7.08. The lowest BCUT2D eigenvalue weighted by Crippen LogP contribution is -2.36. The second-order valence-electron chi connectivity index (χ2n) is 7.08. The predicted molar refractivity (Wildman–Crippen MR) is 113 cm³/mol. The van der Waals surface area contributed by atoms with E-state index in [9.17, 15) is 13.2 Å². The fourth-order valence-electron chi connectivity index (χ4n) is 3.58. The predicted octanol–water partition coefficient (Wildman–Crippen LogP) is 3.71. The van der Waals surface area contributed by atoms with E-state index in [0.717, 1.165) is 12.0 Å². The van der Waals surface area contributed by atoms with E-state index in [1.807, 2.05) is 23.1 Å². The smallest absolute Gasteiger partial charge is 0.264 e. The molecule has 3 aromatic rings. The number of carbonyl (C=O) groups is 1. The summed E-state index contributed by atoms with van der Waals surface area (Å²) in [7, 11) is -2.19. The Labute approximate surface area is 171 Å². The van der Waals surface area contributed by atoms with Crippen molar-refractivity contribution in [2.75, 3.05) is 17.9 Å². The molecule has 1 aliphatic heterocycles. The zero-order valence-corrected chi connectivity index (χ0v) is 17.0. The van der Waals surface area contributed by atoms with Gasteiger partial charge in [0.1, 0.15) is 0 Å². The molecule has 0 aliphatic carbocycles. The Kier molecular flexibility index (Phi) is 5.11. The first-order valence-electron chi connectivity index (χ1n) is 9.47. The van der Waals surface area contributed by atoms with Crippen LogP contribution in [0.15, 0.2) is 83.8 Å². The van der Waals surface area contributed by atoms with Crippen LogP contribution in [0.5, 0.6) is 0 Å². The minimum Gasteiger partial charge on any atom is -0.334 e. The topological polar surface area (TPSA) is 57.7 Å². The number of benzene rings is 3. The van der Waals surface area contributed by atoms with Gasteiger partial charge in [0.15, 0.2) is 0 Å². The molecule has 1 amide bonds. The van der Waals surface area contributed by atoms with E-state index in [2.05, 4.69) is 6.07 Å². The summed E-state index contributed by atoms with van der Waals surface area (Å²) in [4.78, 5) is 15.1. The van der Waals surface area contributed by atoms with Crippen LogP contribution in [0.25, 0.3) is 0 Å². The number of carbonyl (C=O) groups excluding carboxylic acids is 1. The van der Waals surface area contributed by atoms with Crippen LogP contribution in [-0.4, -0.2) is 32.8 Å². The highest BCUT2D eigenvalue weighted by Gasteiger charge is 2.24. The van der Waals surface area contributed by atoms with Crippen molar-refractivity contribution in [1.82, 2.24) is 4.90 Å². The van der Waals surface area contributed by atoms with E-state index in [4.69, 9.17) is 0 Å². The van der Waals surface area contributed by atoms with Crippen LogP contribution < -0.4 is 4.31 Å². The van der Waals surface area contributed by atoms with Gasteiger partial charge in [0.25, 0.3) is 15.9 Å². The first-order valence-corrected chi connectivity index (χ1v) is 10.9. The third-order valence-electron chi connectivity index (χ3n) is 5.28. The average Bonchev–Trinajstić information content (AvgIpc) is 2.78. The van der Waals surface area contributed by atoms with Crippen molar-refractivity contribution in [3.8, 4) is 0 Å². The molecule has 1 heterocycles. The molecule has 148 valence electrons. The Morgan fingerprint density at radius 1 is 0.897 bits per heavy atom. The molecule has 0 spiro atoms. The van der Waals surface area contributed by atoms with Gasteiger partial charge in [-0.2, -0.15) is 0 Å². The molecule has 29 heavy (non-hydrogen) atoms. The minimum absolute atomic E-state index is 0.0909. The van der Waals surface area contributed by atoms with Gasteiger partial charge >= 0.3 is 0 Å². The SMILES string of the molecule is CN(c1cccc(C(=O)N2CCc3ccccc3C2)c1)S(=O)(=O)c1ccccc1. The highest BCUT2D eigenvalue weighted by molar-refractivity contribution is 7.92. The standard InChI is InChI=1S/C23H22N2O3S/c1-24(29(27,28)22-12-3-2-4-13-22)21-11-7-10-19(16-21)23(26)25-15-14-18-8-5-6-9-20(18)17-25/h2-13,16H,14-15,17H2,1H3. The maximum Gasteiger partial charge on any atom is 0.264 e. The second kappa shape index (κ2) is 7.72. The Hall–Kier alpha value is -3.12. The zero-order chi connectivity index (χ0) is 20.4. The van der Waals surface area contributed by atoms with Crippen LogP contribution in [0.1, 0.15) is 21.5 Å². The third kappa shape index (κ3) is 3.76. The maximum atomic E-state index is 13.1. The first kappa shape index (κ1) is 19.2. The van der Waals surface area contributed by atoms with Gasteiger partial charge in [-0.3, -0.25) is 9.10 Å². The molecule has 0 bridgehead atoms. The molecule has 5 nitrogen and oxygen atoms in total. The quantitative estimate of drug-likeness (QED) is 0.664. The number of hydrogen-bond donors (Lipinski definition) is 0. The number of sulfonamides is 1. The maximum absolute atomic E-state index is 13.1. The van der Waals surface area contributed by atoms with E-state index in [-0.39, 0.29) is 10.8 Å². The Morgan fingerprint density at radius 2 is 1.59 bits per heavy atom. The number of hydrogen-bond acceptors (Lipinski definition) is 3. The lowest BCUT2D eigenvalue weighted by atomic mass is 9.99. The van der Waals surface area contributed by atoms with Crippen molar-refractivity contribution >= 4 is 21.6 Å². The molecular formula is C23H22N2O3S. The summed E-state index contributed by atoms with van der Waals surface area (Å²) in [6, 6.07) is 23.2. The second-order valence-corrected chi connectivity index (χ2v) is 9.05. The van der Waals surface area contributed by atoms with Crippen LogP contribution in [0, 0.1) is 0 Å². The van der Waals surface area contributed by atoms with Crippen LogP contribution in [0.4, 0.5) is 5.69 Å². The number of amides is 1. The number of rotatable bonds is 4. The summed E-state index contributed by atoms with van der Waals surface area (Å²) in [6.07, 6.45) is 0.823. The monoisotopic (exact) mass is 406 g/mol. The van der Waals surface area contributed by atoms with E-state index < -0.39 is 10.0 Å². The van der Waals surface area contributed by atoms with Gasteiger partial charge in [-0.05, 0) is 47.9 Å². The molecular weight excluding hydrogens is 384 g/mol. The molecule has 0 saturated heterocycles. The normalized spacial score (nSPS) is 13.6. The molecule has 0 N–H and O–H groups in total. The lowest BCUT2D eigenvalue weighted by molar-refractivity contribution is 0.0734. The summed E-state index contributed by atoms with van der Waals surface area (Å²) in [5.74, 6) is -0.0909. The molecule has 6 heteroatoms. The van der Waals surface area contributed by atoms with Crippen LogP contribution >= 0.6 is 0 Å². The minimum atomic E-state index is -3.69. The highest BCUT2D eigenvalue weighted by Crippen LogP contribution is 2.25. The molecule has 0 atom stereocenters. The van der Waals surface area contributed by atoms with Gasteiger partial charge in [-0.1, -0.05) is 48.5 Å². The van der Waals surface area contributed by atoms with Crippen molar-refractivity contribution < 1.29 is 13.2 Å². The zero-order valence-electron chi connectivity index (χ0n) is 16.2. The highest BCUT2D eigenvalue weighted by atomic mass is 32.2. The summed E-state index contributed by atoms with van der Waals surface area (Å²) >= 11 is 0. The van der Waals surface area contributed by atoms with Crippen molar-refractivity contribution in [2.24, 2.45) is 0 Å². The van der Waals surface area contributed by atoms with E-state index >= 15 is 0 Å². The fourth-order valence-corrected chi connectivity index (χ4v) is 4.78. The van der Waals surface area contributed by atoms with Crippen molar-refractivity contribution in [2.45, 2.75) is 17.9 Å². The molecule has 4 rings (SSSR count). The van der Waals surface area contributed by atoms with E-state index in [0.29, 0.717) is 24.3 Å². The van der Waals surface area contributed by atoms with Gasteiger partial charge < -0.3 is 4.90 Å². The van der Waals surface area contributed by atoms with Gasteiger partial charge in [0.05, 0.1) is 10.6 Å². The summed E-state index contributed by atoms with van der Waals surface area (Å²) in [6.45, 7) is 1.22. The Morgan fingerprint density at radius 3 is 2.34 bits per heavy atom. The van der Waals surface area contributed by atoms with Crippen molar-refractivity contribution in [1.29, 1.82) is 0 Å². The van der Waals surface area contributed by atoms with Crippen LogP contribution in [-0.2, 0) is 23.0 Å². The Balaban J connectivity index is 1.58. The van der Waals surface area contributed by atoms with Crippen LogP contribution in [0.3, 0.4) is 0 Å².